The van der Waals surface area contributed by atoms with Crippen LogP contribution in [0.2, 0.25) is 0 Å². The van der Waals surface area contributed by atoms with Crippen LogP contribution in [0.25, 0.3) is 27.5 Å². The Kier molecular flexibility index (Phi) is 5.40. The number of hydrogen-bond donors (Lipinski definition) is 3. The maximum absolute atomic E-state index is 12.8. The average molecular weight is 465 g/mol. The van der Waals surface area contributed by atoms with E-state index in [4.69, 9.17) is 10.7 Å². The van der Waals surface area contributed by atoms with Gasteiger partial charge in [0, 0.05) is 34.4 Å². The van der Waals surface area contributed by atoms with Crippen molar-refractivity contribution in [3.63, 3.8) is 0 Å². The number of nitrogens with two attached hydrogens (primary N) is 1. The number of nitrogens with zero attached hydrogens (tertiary/aromatic N) is 3. The third-order valence-corrected chi connectivity index (χ3v) is 5.96. The molecule has 0 fully saturated rings. The summed E-state index contributed by atoms with van der Waals surface area (Å²) >= 11 is 0. The molecule has 7 heteroatoms. The summed E-state index contributed by atoms with van der Waals surface area (Å²) in [5.41, 5.74) is 11.1. The quantitative estimate of drug-likeness (QED) is 0.288. The van der Waals surface area contributed by atoms with E-state index in [-0.39, 0.29) is 11.4 Å². The molecule has 0 saturated carbocycles. The van der Waals surface area contributed by atoms with Gasteiger partial charge in [-0.2, -0.15) is 0 Å². The second-order valence-corrected chi connectivity index (χ2v) is 9.72. The van der Waals surface area contributed by atoms with Crippen molar-refractivity contribution in [1.29, 1.82) is 0 Å². The number of amides is 2. The summed E-state index contributed by atoms with van der Waals surface area (Å²) in [6.07, 6.45) is 3.59. The van der Waals surface area contributed by atoms with Crippen LogP contribution in [0.4, 0.5) is 22.0 Å². The van der Waals surface area contributed by atoms with E-state index in [1.54, 1.807) is 6.20 Å². The number of hydrogen-bond acceptors (Lipinski definition) is 4. The summed E-state index contributed by atoms with van der Waals surface area (Å²) < 4.78 is 2.02. The van der Waals surface area contributed by atoms with Crippen LogP contribution in [-0.4, -0.2) is 20.4 Å². The smallest absolute Gasteiger partial charge is 0.323 e. The zero-order chi connectivity index (χ0) is 24.7. The van der Waals surface area contributed by atoms with Crippen molar-refractivity contribution in [3.8, 4) is 11.3 Å². The van der Waals surface area contributed by atoms with E-state index in [1.807, 2.05) is 78.2 Å². The Bertz CT molecular complexity index is 1580. The molecule has 4 N–H and O–H groups in total. The molecular formula is C28H28N6O. The lowest BCUT2D eigenvalue weighted by Crippen LogP contribution is -2.19. The van der Waals surface area contributed by atoms with Gasteiger partial charge in [-0.15, -0.1) is 0 Å². The van der Waals surface area contributed by atoms with Crippen LogP contribution in [0, 0.1) is 6.92 Å². The summed E-state index contributed by atoms with van der Waals surface area (Å²) in [5.74, 6) is 1.33. The molecule has 5 aromatic rings. The largest absolute Gasteiger partial charge is 0.382 e. The molecule has 0 unspecified atom stereocenters. The second kappa shape index (κ2) is 8.43. The van der Waals surface area contributed by atoms with E-state index in [9.17, 15) is 4.79 Å². The summed E-state index contributed by atoms with van der Waals surface area (Å²) in [4.78, 5) is 22.1. The summed E-state index contributed by atoms with van der Waals surface area (Å²) in [6.45, 7) is 8.36. The van der Waals surface area contributed by atoms with Crippen LogP contribution in [0.3, 0.4) is 0 Å². The lowest BCUT2D eigenvalue weighted by molar-refractivity contribution is 0.262. The van der Waals surface area contributed by atoms with E-state index < -0.39 is 0 Å². The molecule has 0 aliphatic heterocycles. The maximum atomic E-state index is 12.8. The molecule has 0 spiro atoms. The van der Waals surface area contributed by atoms with Crippen LogP contribution in [0.5, 0.6) is 0 Å². The number of urea groups is 1. The fraction of sp³-hybridized carbons (Fsp3) is 0.179. The average Bonchev–Trinajstić information content (AvgIpc) is 3.21. The predicted molar refractivity (Wildman–Crippen MR) is 143 cm³/mol. The van der Waals surface area contributed by atoms with Crippen molar-refractivity contribution < 1.29 is 4.79 Å². The number of nitrogens with one attached hydrogen (secondary N) is 2. The van der Waals surface area contributed by atoms with Crippen LogP contribution in [0.1, 0.15) is 32.2 Å². The minimum atomic E-state index is -0.301. The second-order valence-electron chi connectivity index (χ2n) is 9.72. The number of carbonyl (C=O) groups excluding carboxylic acids is 1. The Morgan fingerprint density at radius 2 is 1.74 bits per heavy atom. The lowest BCUT2D eigenvalue weighted by Gasteiger charge is -2.16. The molecule has 0 radical (unpaired) electrons. The van der Waals surface area contributed by atoms with Gasteiger partial charge in [0.2, 0.25) is 0 Å². The monoisotopic (exact) mass is 464 g/mol. The number of nitrogen functional groups attached to an aromatic ring is 1. The van der Waals surface area contributed by atoms with Crippen LogP contribution < -0.4 is 16.4 Å². The van der Waals surface area contributed by atoms with Gasteiger partial charge in [0.1, 0.15) is 22.9 Å². The molecule has 7 nitrogen and oxygen atoms in total. The zero-order valence-corrected chi connectivity index (χ0v) is 20.3. The Hall–Kier alpha value is -4.39. The van der Waals surface area contributed by atoms with E-state index in [0.717, 1.165) is 44.6 Å². The highest BCUT2D eigenvalue weighted by Crippen LogP contribution is 2.38. The molecule has 0 aliphatic carbocycles. The Balaban J connectivity index is 1.60. The molecule has 0 aliphatic rings. The number of fused-ring (bicyclic) bond motifs is 2. The topological polar surface area (TPSA) is 97.3 Å². The van der Waals surface area contributed by atoms with Gasteiger partial charge in [-0.25, -0.2) is 14.8 Å². The molecule has 176 valence electrons. The van der Waals surface area contributed by atoms with Crippen molar-refractivity contribution in [2.24, 2.45) is 0 Å². The number of anilines is 3. The molecule has 0 bridgehead atoms. The van der Waals surface area contributed by atoms with Crippen molar-refractivity contribution >= 4 is 39.5 Å². The molecule has 0 atom stereocenters. The normalized spacial score (nSPS) is 11.7. The van der Waals surface area contributed by atoms with E-state index in [0.29, 0.717) is 11.5 Å². The molecular weight excluding hydrogens is 436 g/mol. The van der Waals surface area contributed by atoms with E-state index >= 15 is 0 Å². The summed E-state index contributed by atoms with van der Waals surface area (Å²) in [5, 5.41) is 7.77. The van der Waals surface area contributed by atoms with Gasteiger partial charge in [0.25, 0.3) is 0 Å². The number of carbonyl (C=O) groups is 1. The maximum Gasteiger partial charge on any atom is 0.323 e. The van der Waals surface area contributed by atoms with Gasteiger partial charge in [-0.3, -0.25) is 4.40 Å². The molecule has 2 aromatic heterocycles. The highest BCUT2D eigenvalue weighted by molar-refractivity contribution is 6.10. The summed E-state index contributed by atoms with van der Waals surface area (Å²) in [7, 11) is 0. The first-order chi connectivity index (χ1) is 16.7. The third kappa shape index (κ3) is 4.17. The van der Waals surface area contributed by atoms with Gasteiger partial charge >= 0.3 is 6.03 Å². The van der Waals surface area contributed by atoms with Gasteiger partial charge in [0.15, 0.2) is 0 Å². The molecule has 2 heterocycles. The molecule has 35 heavy (non-hydrogen) atoms. The predicted octanol–water partition coefficient (Wildman–Crippen LogP) is 6.38. The van der Waals surface area contributed by atoms with Crippen molar-refractivity contribution in [2.45, 2.75) is 33.1 Å². The molecule has 0 saturated heterocycles. The Morgan fingerprint density at radius 3 is 2.49 bits per heavy atom. The number of benzene rings is 3. The number of rotatable bonds is 3. The zero-order valence-electron chi connectivity index (χ0n) is 20.3. The van der Waals surface area contributed by atoms with Crippen molar-refractivity contribution in [2.75, 3.05) is 16.4 Å². The Labute approximate surface area is 204 Å². The van der Waals surface area contributed by atoms with Crippen LogP contribution in [-0.2, 0) is 5.41 Å². The van der Waals surface area contributed by atoms with Gasteiger partial charge < -0.3 is 16.4 Å². The van der Waals surface area contributed by atoms with Gasteiger partial charge in [-0.05, 0) is 36.1 Å². The fourth-order valence-corrected chi connectivity index (χ4v) is 4.40. The third-order valence-electron chi connectivity index (χ3n) is 5.96. The summed E-state index contributed by atoms with van der Waals surface area (Å²) in [6, 6.07) is 19.2. The first kappa shape index (κ1) is 22.4. The Morgan fingerprint density at radius 1 is 0.971 bits per heavy atom. The van der Waals surface area contributed by atoms with Gasteiger partial charge in [-0.1, -0.05) is 63.2 Å². The number of imidazole rings is 1. The molecule has 3 aromatic carbocycles. The van der Waals surface area contributed by atoms with Gasteiger partial charge in [0.05, 0.1) is 5.69 Å². The van der Waals surface area contributed by atoms with Crippen LogP contribution in [0.15, 0.2) is 73.1 Å². The van der Waals surface area contributed by atoms with E-state index in [2.05, 4.69) is 36.4 Å². The lowest BCUT2D eigenvalue weighted by atomic mass is 9.96. The number of aromatic nitrogens is 3. The number of aryl methyl sites for hydroxylation is 1. The standard InChI is InChI=1S/C28H28N6O/c1-17-8-7-9-18(16-17)31-27(35)32-22-13-12-21(19-10-5-6-11-20(19)22)23-24-25(29)30-14-15-34(24)26(33-23)28(2,3)4/h5-16H,1-4H3,(H2,29,30)(H2,31,32,35). The first-order valence-corrected chi connectivity index (χ1v) is 11.5. The van der Waals surface area contributed by atoms with Crippen molar-refractivity contribution in [3.05, 3.63) is 84.4 Å². The highest BCUT2D eigenvalue weighted by atomic mass is 16.2. The van der Waals surface area contributed by atoms with E-state index in [1.165, 1.54) is 0 Å². The molecule has 2 amide bonds. The highest BCUT2D eigenvalue weighted by Gasteiger charge is 2.25. The van der Waals surface area contributed by atoms with Crippen LogP contribution >= 0.6 is 0 Å². The molecule has 5 rings (SSSR count). The first-order valence-electron chi connectivity index (χ1n) is 11.5. The fourth-order valence-electron chi connectivity index (χ4n) is 4.40. The minimum Gasteiger partial charge on any atom is -0.382 e. The SMILES string of the molecule is Cc1cccc(NC(=O)Nc2ccc(-c3nc(C(C)(C)C)n4ccnc(N)c34)c3ccccc23)c1. The minimum absolute atomic E-state index is 0.194. The van der Waals surface area contributed by atoms with Crippen molar-refractivity contribution in [1.82, 2.24) is 14.4 Å².